The highest BCUT2D eigenvalue weighted by atomic mass is 32.2. The van der Waals surface area contributed by atoms with Crippen molar-refractivity contribution in [3.05, 3.63) is 41.2 Å². The lowest BCUT2D eigenvalue weighted by Crippen LogP contribution is -2.25. The summed E-state index contributed by atoms with van der Waals surface area (Å²) >= 11 is 0.970. The maximum absolute atomic E-state index is 12.1. The zero-order valence-electron chi connectivity index (χ0n) is 15.3. The first-order valence-electron chi connectivity index (χ1n) is 8.24. The van der Waals surface area contributed by atoms with Crippen LogP contribution in [0.1, 0.15) is 28.7 Å². The van der Waals surface area contributed by atoms with Crippen LogP contribution in [0.5, 0.6) is 0 Å². The van der Waals surface area contributed by atoms with E-state index in [0.29, 0.717) is 29.2 Å². The molecule has 1 amide bonds. The highest BCUT2D eigenvalue weighted by Crippen LogP contribution is 2.20. The van der Waals surface area contributed by atoms with E-state index >= 15 is 0 Å². The lowest BCUT2D eigenvalue weighted by molar-refractivity contribution is -0.301. The Kier molecular flexibility index (Phi) is 7.00. The summed E-state index contributed by atoms with van der Waals surface area (Å²) in [6.45, 7) is 5.57. The summed E-state index contributed by atoms with van der Waals surface area (Å²) in [6.07, 6.45) is 0. The molecule has 0 atom stereocenters. The molecule has 1 aromatic carbocycles. The lowest BCUT2D eigenvalue weighted by atomic mass is 10.2. The number of aliphatic carboxylic acids is 1. The third-order valence-corrected chi connectivity index (χ3v) is 4.53. The molecule has 9 heteroatoms. The van der Waals surface area contributed by atoms with Crippen molar-refractivity contribution in [2.45, 2.75) is 20.8 Å². The Labute approximate surface area is 160 Å². The van der Waals surface area contributed by atoms with Crippen LogP contribution in [0.25, 0.3) is 5.69 Å². The van der Waals surface area contributed by atoms with E-state index in [1.54, 1.807) is 49.7 Å². The highest BCUT2D eigenvalue weighted by molar-refractivity contribution is 8.00. The van der Waals surface area contributed by atoms with Gasteiger partial charge in [0.2, 0.25) is 5.91 Å². The highest BCUT2D eigenvalue weighted by Gasteiger charge is 2.20. The Bertz CT molecular complexity index is 845. The number of amides is 1. The summed E-state index contributed by atoms with van der Waals surface area (Å²) in [4.78, 5) is 34.2. The summed E-state index contributed by atoms with van der Waals surface area (Å²) in [5, 5.41) is 17.4. The number of carboxylic acids is 1. The van der Waals surface area contributed by atoms with E-state index < -0.39 is 11.9 Å². The van der Waals surface area contributed by atoms with Crippen molar-refractivity contribution in [3.63, 3.8) is 0 Å². The van der Waals surface area contributed by atoms with Crippen molar-refractivity contribution in [1.29, 1.82) is 0 Å². The minimum atomic E-state index is -1.20. The third kappa shape index (κ3) is 5.33. The molecule has 0 radical (unpaired) electrons. The molecular formula is C18H20N3O5S-. The standard InChI is InChI=1S/C18H21N3O5S/c1-4-26-18(25)17-11(2)20-21(12(17)3)14-7-5-13(6-8-14)19-15(22)9-27-10-16(23)24/h5-8H,4,9-10H2,1-3H3,(H,19,22)(H,23,24)/p-1. The van der Waals surface area contributed by atoms with Crippen molar-refractivity contribution < 1.29 is 24.2 Å². The molecule has 8 nitrogen and oxygen atoms in total. The van der Waals surface area contributed by atoms with E-state index in [4.69, 9.17) is 4.74 Å². The van der Waals surface area contributed by atoms with Crippen molar-refractivity contribution in [3.8, 4) is 5.69 Å². The van der Waals surface area contributed by atoms with E-state index in [-0.39, 0.29) is 17.4 Å². The number of ether oxygens (including phenoxy) is 1. The molecule has 0 saturated carbocycles. The summed E-state index contributed by atoms with van der Waals surface area (Å²) in [5.41, 5.74) is 2.99. The number of benzene rings is 1. The van der Waals surface area contributed by atoms with Crippen LogP contribution in [0.15, 0.2) is 24.3 Å². The van der Waals surface area contributed by atoms with Crippen molar-refractivity contribution >= 4 is 35.3 Å². The minimum Gasteiger partial charge on any atom is -0.549 e. The van der Waals surface area contributed by atoms with Crippen LogP contribution in [-0.2, 0) is 14.3 Å². The van der Waals surface area contributed by atoms with Gasteiger partial charge in [-0.25, -0.2) is 9.48 Å². The van der Waals surface area contributed by atoms with E-state index in [9.17, 15) is 19.5 Å². The molecule has 2 rings (SSSR count). The molecule has 2 aromatic rings. The average molecular weight is 390 g/mol. The average Bonchev–Trinajstić information content (AvgIpc) is 2.90. The molecule has 0 unspecified atom stereocenters. The Hall–Kier alpha value is -2.81. The van der Waals surface area contributed by atoms with Crippen LogP contribution in [0.4, 0.5) is 5.69 Å². The number of aromatic nitrogens is 2. The largest absolute Gasteiger partial charge is 0.549 e. The fourth-order valence-electron chi connectivity index (χ4n) is 2.50. The van der Waals surface area contributed by atoms with Crippen molar-refractivity contribution in [2.75, 3.05) is 23.4 Å². The molecule has 1 aromatic heterocycles. The molecule has 0 spiro atoms. The van der Waals surface area contributed by atoms with Crippen LogP contribution in [0.2, 0.25) is 0 Å². The van der Waals surface area contributed by atoms with Gasteiger partial charge in [0, 0.05) is 11.4 Å². The van der Waals surface area contributed by atoms with Gasteiger partial charge in [0.25, 0.3) is 0 Å². The number of hydrogen-bond donors (Lipinski definition) is 1. The lowest BCUT2D eigenvalue weighted by Gasteiger charge is -2.08. The SMILES string of the molecule is CCOC(=O)c1c(C)nn(-c2ccc(NC(=O)CSCC(=O)[O-])cc2)c1C. The topological polar surface area (TPSA) is 113 Å². The first-order valence-corrected chi connectivity index (χ1v) is 9.40. The van der Waals surface area contributed by atoms with Gasteiger partial charge in [0.15, 0.2) is 0 Å². The quantitative estimate of drug-likeness (QED) is 0.671. The van der Waals surface area contributed by atoms with Gasteiger partial charge in [-0.05, 0) is 45.0 Å². The van der Waals surface area contributed by atoms with Crippen molar-refractivity contribution in [1.82, 2.24) is 9.78 Å². The number of carbonyl (C=O) groups is 3. The van der Waals surface area contributed by atoms with Crippen LogP contribution in [0.3, 0.4) is 0 Å². The molecule has 144 valence electrons. The Balaban J connectivity index is 2.09. The van der Waals surface area contributed by atoms with Gasteiger partial charge in [-0.15, -0.1) is 11.8 Å². The number of carbonyl (C=O) groups excluding carboxylic acids is 3. The zero-order valence-corrected chi connectivity index (χ0v) is 16.1. The summed E-state index contributed by atoms with van der Waals surface area (Å²) < 4.78 is 6.71. The number of nitrogens with zero attached hydrogens (tertiary/aromatic N) is 2. The smallest absolute Gasteiger partial charge is 0.341 e. The zero-order chi connectivity index (χ0) is 20.0. The van der Waals surface area contributed by atoms with Gasteiger partial charge < -0.3 is 20.0 Å². The van der Waals surface area contributed by atoms with Gasteiger partial charge >= 0.3 is 5.97 Å². The van der Waals surface area contributed by atoms with Gasteiger partial charge in [0.05, 0.1) is 35.4 Å². The molecule has 0 aliphatic heterocycles. The second-order valence-electron chi connectivity index (χ2n) is 5.64. The molecule has 27 heavy (non-hydrogen) atoms. The number of rotatable bonds is 8. The van der Waals surface area contributed by atoms with Crippen LogP contribution in [-0.4, -0.2) is 45.7 Å². The van der Waals surface area contributed by atoms with Gasteiger partial charge in [-0.2, -0.15) is 5.10 Å². The van der Waals surface area contributed by atoms with E-state index in [1.807, 2.05) is 0 Å². The van der Waals surface area contributed by atoms with Crippen LogP contribution in [0, 0.1) is 13.8 Å². The third-order valence-electron chi connectivity index (χ3n) is 3.62. The fraction of sp³-hybridized carbons (Fsp3) is 0.333. The molecule has 0 aliphatic carbocycles. The molecule has 0 fully saturated rings. The van der Waals surface area contributed by atoms with E-state index in [1.165, 1.54) is 0 Å². The van der Waals surface area contributed by atoms with E-state index in [0.717, 1.165) is 17.4 Å². The molecule has 1 heterocycles. The normalized spacial score (nSPS) is 10.5. The number of carboxylic acid groups (broad SMARTS) is 1. The summed E-state index contributed by atoms with van der Waals surface area (Å²) in [5.74, 6) is -2.12. The number of anilines is 1. The molecule has 1 N–H and O–H groups in total. The van der Waals surface area contributed by atoms with Crippen molar-refractivity contribution in [2.24, 2.45) is 0 Å². The first-order chi connectivity index (χ1) is 12.8. The molecule has 0 saturated heterocycles. The number of nitrogens with one attached hydrogen (secondary N) is 1. The monoisotopic (exact) mass is 390 g/mol. The second-order valence-corrected chi connectivity index (χ2v) is 6.62. The van der Waals surface area contributed by atoms with Gasteiger partial charge in [-0.3, -0.25) is 4.79 Å². The van der Waals surface area contributed by atoms with Crippen LogP contribution >= 0.6 is 11.8 Å². The molecular weight excluding hydrogens is 370 g/mol. The summed E-state index contributed by atoms with van der Waals surface area (Å²) in [7, 11) is 0. The Morgan fingerprint density at radius 3 is 2.44 bits per heavy atom. The first kappa shape index (κ1) is 20.5. The summed E-state index contributed by atoms with van der Waals surface area (Å²) in [6, 6.07) is 6.94. The Morgan fingerprint density at radius 2 is 1.85 bits per heavy atom. The Morgan fingerprint density at radius 1 is 1.19 bits per heavy atom. The van der Waals surface area contributed by atoms with Gasteiger partial charge in [-0.1, -0.05) is 0 Å². The predicted octanol–water partition coefficient (Wildman–Crippen LogP) is 1.09. The number of aryl methyl sites for hydroxylation is 1. The predicted molar refractivity (Wildman–Crippen MR) is 100.0 cm³/mol. The van der Waals surface area contributed by atoms with Crippen LogP contribution < -0.4 is 10.4 Å². The molecule has 0 bridgehead atoms. The minimum absolute atomic E-state index is 0.0239. The fourth-order valence-corrected chi connectivity index (χ4v) is 3.03. The second kappa shape index (κ2) is 9.22. The van der Waals surface area contributed by atoms with Gasteiger partial charge in [0.1, 0.15) is 5.56 Å². The number of hydrogen-bond acceptors (Lipinski definition) is 7. The number of thioether (sulfide) groups is 1. The molecule has 0 aliphatic rings. The van der Waals surface area contributed by atoms with E-state index in [2.05, 4.69) is 10.4 Å². The number of esters is 1. The maximum Gasteiger partial charge on any atom is 0.341 e. The maximum atomic E-state index is 12.1.